The topological polar surface area (TPSA) is 40.6 Å². The minimum Gasteiger partial charge on any atom is -0.369 e. The Kier molecular flexibility index (Phi) is 5.37. The minimum absolute atomic E-state index is 0.188. The summed E-state index contributed by atoms with van der Waals surface area (Å²) in [5.41, 5.74) is 2.50. The molecule has 0 aliphatic carbocycles. The highest BCUT2D eigenvalue weighted by Gasteiger charge is 2.30. The molecule has 0 N–H and O–H groups in total. The molecule has 0 unspecified atom stereocenters. The Morgan fingerprint density at radius 2 is 1.52 bits per heavy atom. The van der Waals surface area contributed by atoms with Gasteiger partial charge in [0.1, 0.15) is 4.90 Å². The fourth-order valence-corrected chi connectivity index (χ4v) is 5.14. The second-order valence-electron chi connectivity index (χ2n) is 6.54. The van der Waals surface area contributed by atoms with Gasteiger partial charge in [-0.05, 0) is 29.7 Å². The first-order valence-electron chi connectivity index (χ1n) is 8.50. The summed E-state index contributed by atoms with van der Waals surface area (Å²) in [6.45, 7) is 6.62. The maximum atomic E-state index is 12.8. The molecular weight excluding hydrogens is 356 g/mol. The van der Waals surface area contributed by atoms with Crippen LogP contribution < -0.4 is 4.90 Å². The van der Waals surface area contributed by atoms with Crippen LogP contribution in [0, 0.1) is 0 Å². The standard InChI is InChI=1S/C19H23ClN2O2S/c1-15(2)16-7-3-5-9-18(16)21-11-13-22(14-12-21)25(23,24)19-10-6-4-8-17(19)20/h3-10,15H,11-14H2,1-2H3. The lowest BCUT2D eigenvalue weighted by atomic mass is 10.00. The Morgan fingerprint density at radius 1 is 0.920 bits per heavy atom. The van der Waals surface area contributed by atoms with Crippen molar-refractivity contribution in [3.8, 4) is 0 Å². The van der Waals surface area contributed by atoms with E-state index in [-0.39, 0.29) is 9.92 Å². The summed E-state index contributed by atoms with van der Waals surface area (Å²) in [5, 5.41) is 0.273. The molecule has 2 aromatic carbocycles. The fourth-order valence-electron chi connectivity index (χ4n) is 3.23. The van der Waals surface area contributed by atoms with E-state index in [1.54, 1.807) is 24.3 Å². The lowest BCUT2D eigenvalue weighted by Crippen LogP contribution is -2.49. The first-order chi connectivity index (χ1) is 11.9. The van der Waals surface area contributed by atoms with E-state index in [4.69, 9.17) is 11.6 Å². The second kappa shape index (κ2) is 7.36. The van der Waals surface area contributed by atoms with E-state index in [0.29, 0.717) is 32.1 Å². The van der Waals surface area contributed by atoms with Gasteiger partial charge in [-0.1, -0.05) is 55.8 Å². The number of para-hydroxylation sites is 1. The maximum Gasteiger partial charge on any atom is 0.244 e. The number of hydrogen-bond acceptors (Lipinski definition) is 3. The summed E-state index contributed by atoms with van der Waals surface area (Å²) in [6.07, 6.45) is 0. The Bertz CT molecular complexity index is 844. The molecule has 134 valence electrons. The van der Waals surface area contributed by atoms with Crippen LogP contribution in [0.15, 0.2) is 53.4 Å². The van der Waals surface area contributed by atoms with E-state index >= 15 is 0 Å². The van der Waals surface area contributed by atoms with Crippen LogP contribution >= 0.6 is 11.6 Å². The quantitative estimate of drug-likeness (QED) is 0.808. The maximum absolute atomic E-state index is 12.8. The van der Waals surface area contributed by atoms with E-state index in [1.165, 1.54) is 15.6 Å². The summed E-state index contributed by atoms with van der Waals surface area (Å²) in [6, 6.07) is 15.0. The van der Waals surface area contributed by atoms with Crippen molar-refractivity contribution in [1.29, 1.82) is 0 Å². The van der Waals surface area contributed by atoms with Crippen LogP contribution in [0.25, 0.3) is 0 Å². The number of benzene rings is 2. The molecule has 1 heterocycles. The van der Waals surface area contributed by atoms with Crippen LogP contribution in [0.5, 0.6) is 0 Å². The summed E-state index contributed by atoms with van der Waals surface area (Å²) >= 11 is 6.09. The minimum atomic E-state index is -3.55. The van der Waals surface area contributed by atoms with Crippen LogP contribution in [-0.2, 0) is 10.0 Å². The van der Waals surface area contributed by atoms with Gasteiger partial charge in [-0.25, -0.2) is 8.42 Å². The number of piperazine rings is 1. The van der Waals surface area contributed by atoms with E-state index in [0.717, 1.165) is 0 Å². The first kappa shape index (κ1) is 18.2. The summed E-state index contributed by atoms with van der Waals surface area (Å²) < 4.78 is 27.2. The monoisotopic (exact) mass is 378 g/mol. The molecule has 2 aromatic rings. The predicted molar refractivity (Wildman–Crippen MR) is 103 cm³/mol. The van der Waals surface area contributed by atoms with Gasteiger partial charge in [-0.15, -0.1) is 0 Å². The highest BCUT2D eigenvalue weighted by atomic mass is 35.5. The summed E-state index contributed by atoms with van der Waals surface area (Å²) in [4.78, 5) is 2.46. The van der Waals surface area contributed by atoms with Crippen molar-refractivity contribution in [3.05, 3.63) is 59.1 Å². The van der Waals surface area contributed by atoms with Crippen molar-refractivity contribution in [2.24, 2.45) is 0 Å². The lowest BCUT2D eigenvalue weighted by molar-refractivity contribution is 0.384. The zero-order chi connectivity index (χ0) is 18.0. The van der Waals surface area contributed by atoms with Gasteiger partial charge < -0.3 is 4.90 Å². The molecule has 4 nitrogen and oxygen atoms in total. The zero-order valence-corrected chi connectivity index (χ0v) is 16.1. The average Bonchev–Trinajstić information content (AvgIpc) is 2.62. The van der Waals surface area contributed by atoms with Gasteiger partial charge in [0.05, 0.1) is 5.02 Å². The van der Waals surface area contributed by atoms with Crippen LogP contribution in [0.4, 0.5) is 5.69 Å². The SMILES string of the molecule is CC(C)c1ccccc1N1CCN(S(=O)(=O)c2ccccc2Cl)CC1. The number of nitrogens with zero attached hydrogens (tertiary/aromatic N) is 2. The number of sulfonamides is 1. The molecule has 0 radical (unpaired) electrons. The van der Waals surface area contributed by atoms with Crippen molar-refractivity contribution >= 4 is 27.3 Å². The fraction of sp³-hybridized carbons (Fsp3) is 0.368. The van der Waals surface area contributed by atoms with Crippen molar-refractivity contribution in [2.75, 3.05) is 31.1 Å². The largest absolute Gasteiger partial charge is 0.369 e. The molecule has 0 aromatic heterocycles. The normalized spacial score (nSPS) is 16.4. The Balaban J connectivity index is 1.78. The number of rotatable bonds is 4. The zero-order valence-electron chi connectivity index (χ0n) is 14.5. The van der Waals surface area contributed by atoms with Gasteiger partial charge in [0.2, 0.25) is 10.0 Å². The van der Waals surface area contributed by atoms with Crippen LogP contribution in [0.3, 0.4) is 0 Å². The van der Waals surface area contributed by atoms with E-state index < -0.39 is 10.0 Å². The van der Waals surface area contributed by atoms with Crippen LogP contribution in [0.1, 0.15) is 25.3 Å². The molecule has 0 bridgehead atoms. The predicted octanol–water partition coefficient (Wildman–Crippen LogP) is 3.97. The molecule has 3 rings (SSSR count). The van der Waals surface area contributed by atoms with Crippen LogP contribution in [-0.4, -0.2) is 38.9 Å². The molecule has 25 heavy (non-hydrogen) atoms. The number of hydrogen-bond donors (Lipinski definition) is 0. The van der Waals surface area contributed by atoms with Gasteiger partial charge in [0.25, 0.3) is 0 Å². The summed E-state index contributed by atoms with van der Waals surface area (Å²) in [5.74, 6) is 0.432. The molecule has 1 aliphatic heterocycles. The van der Waals surface area contributed by atoms with E-state index in [9.17, 15) is 8.42 Å². The molecule has 0 amide bonds. The third kappa shape index (κ3) is 3.68. The Hall–Kier alpha value is -1.56. The number of anilines is 1. The highest BCUT2D eigenvalue weighted by molar-refractivity contribution is 7.89. The number of halogens is 1. The molecule has 0 atom stereocenters. The van der Waals surface area contributed by atoms with Crippen LogP contribution in [0.2, 0.25) is 5.02 Å². The molecule has 0 spiro atoms. The molecular formula is C19H23ClN2O2S. The Morgan fingerprint density at radius 3 is 2.16 bits per heavy atom. The molecule has 0 saturated carbocycles. The second-order valence-corrected chi connectivity index (χ2v) is 8.85. The van der Waals surface area contributed by atoms with Gasteiger partial charge >= 0.3 is 0 Å². The van der Waals surface area contributed by atoms with Gasteiger partial charge in [-0.2, -0.15) is 4.31 Å². The van der Waals surface area contributed by atoms with Crippen molar-refractivity contribution in [2.45, 2.75) is 24.7 Å². The average molecular weight is 379 g/mol. The smallest absolute Gasteiger partial charge is 0.244 e. The van der Waals surface area contributed by atoms with Crippen molar-refractivity contribution in [1.82, 2.24) is 4.31 Å². The first-order valence-corrected chi connectivity index (χ1v) is 10.3. The molecule has 1 aliphatic rings. The molecule has 1 saturated heterocycles. The highest BCUT2D eigenvalue weighted by Crippen LogP contribution is 2.30. The van der Waals surface area contributed by atoms with Crippen molar-refractivity contribution in [3.63, 3.8) is 0 Å². The summed E-state index contributed by atoms with van der Waals surface area (Å²) in [7, 11) is -3.55. The van der Waals surface area contributed by atoms with E-state index in [1.807, 2.05) is 6.07 Å². The van der Waals surface area contributed by atoms with Gasteiger partial charge in [0, 0.05) is 31.9 Å². The van der Waals surface area contributed by atoms with Gasteiger partial charge in [-0.3, -0.25) is 0 Å². The third-order valence-corrected chi connectivity index (χ3v) is 6.99. The third-order valence-electron chi connectivity index (χ3n) is 4.59. The van der Waals surface area contributed by atoms with Crippen molar-refractivity contribution < 1.29 is 8.42 Å². The lowest BCUT2D eigenvalue weighted by Gasteiger charge is -2.36. The van der Waals surface area contributed by atoms with Gasteiger partial charge in [0.15, 0.2) is 0 Å². The molecule has 6 heteroatoms. The molecule has 1 fully saturated rings. The Labute approximate surface area is 155 Å². The van der Waals surface area contributed by atoms with E-state index in [2.05, 4.69) is 36.9 Å².